The third-order valence-corrected chi connectivity index (χ3v) is 2.15. The van der Waals surface area contributed by atoms with E-state index in [2.05, 4.69) is 0 Å². The van der Waals surface area contributed by atoms with Crippen LogP contribution in [0.15, 0.2) is 24.3 Å². The number of aliphatic hydroxyl groups excluding tert-OH is 1. The summed E-state index contributed by atoms with van der Waals surface area (Å²) in [6, 6.07) is 6.10. The molecule has 0 saturated heterocycles. The standard InChI is InChI=1S/C11H15F2NO/c1-11(12,13)6-8-4-2-3-5-9(8)10(14)7-15/h2-5,10,15H,6-7,14H2,1H3. The van der Waals surface area contributed by atoms with Gasteiger partial charge in [-0.05, 0) is 18.1 Å². The molecule has 0 heterocycles. The molecule has 0 amide bonds. The molecule has 2 nitrogen and oxygen atoms in total. The molecule has 4 heteroatoms. The van der Waals surface area contributed by atoms with Gasteiger partial charge in [-0.15, -0.1) is 0 Å². The summed E-state index contributed by atoms with van der Waals surface area (Å²) in [5.74, 6) is -2.76. The Morgan fingerprint density at radius 2 is 2.00 bits per heavy atom. The van der Waals surface area contributed by atoms with Crippen molar-refractivity contribution < 1.29 is 13.9 Å². The predicted molar refractivity (Wildman–Crippen MR) is 54.8 cm³/mol. The molecule has 0 saturated carbocycles. The fourth-order valence-corrected chi connectivity index (χ4v) is 1.49. The van der Waals surface area contributed by atoms with Crippen LogP contribution in [0.2, 0.25) is 0 Å². The minimum absolute atomic E-state index is 0.244. The van der Waals surface area contributed by atoms with Crippen LogP contribution in [0.4, 0.5) is 8.78 Å². The molecule has 1 atom stereocenters. The molecule has 0 fully saturated rings. The second-order valence-electron chi connectivity index (χ2n) is 3.73. The molecule has 0 aromatic heterocycles. The van der Waals surface area contributed by atoms with Crippen molar-refractivity contribution in [2.24, 2.45) is 5.73 Å². The van der Waals surface area contributed by atoms with Crippen LogP contribution in [0.25, 0.3) is 0 Å². The number of alkyl halides is 2. The summed E-state index contributed by atoms with van der Waals surface area (Å²) >= 11 is 0. The van der Waals surface area contributed by atoms with Gasteiger partial charge in [-0.3, -0.25) is 0 Å². The number of nitrogens with two attached hydrogens (primary N) is 1. The Hall–Kier alpha value is -1.00. The first-order chi connectivity index (χ1) is 6.94. The van der Waals surface area contributed by atoms with Gasteiger partial charge in [0.2, 0.25) is 5.92 Å². The van der Waals surface area contributed by atoms with E-state index in [1.807, 2.05) is 0 Å². The smallest absolute Gasteiger partial charge is 0.249 e. The van der Waals surface area contributed by atoms with E-state index in [1.54, 1.807) is 24.3 Å². The monoisotopic (exact) mass is 215 g/mol. The van der Waals surface area contributed by atoms with Gasteiger partial charge >= 0.3 is 0 Å². The van der Waals surface area contributed by atoms with Crippen molar-refractivity contribution in [2.75, 3.05) is 6.61 Å². The molecule has 0 radical (unpaired) electrons. The molecule has 0 aliphatic rings. The third-order valence-electron chi connectivity index (χ3n) is 2.15. The van der Waals surface area contributed by atoms with E-state index >= 15 is 0 Å². The molecule has 84 valence electrons. The van der Waals surface area contributed by atoms with Gasteiger partial charge in [0, 0.05) is 6.42 Å². The first kappa shape index (κ1) is 12.1. The maximum atomic E-state index is 12.9. The van der Waals surface area contributed by atoms with Crippen LogP contribution < -0.4 is 5.73 Å². The second kappa shape index (κ2) is 4.68. The highest BCUT2D eigenvalue weighted by atomic mass is 19.3. The van der Waals surface area contributed by atoms with Gasteiger partial charge < -0.3 is 10.8 Å². The number of halogens is 2. The SMILES string of the molecule is CC(F)(F)Cc1ccccc1C(N)CO. The lowest BCUT2D eigenvalue weighted by atomic mass is 9.97. The molecule has 15 heavy (non-hydrogen) atoms. The van der Waals surface area contributed by atoms with Crippen LogP contribution in [-0.4, -0.2) is 17.6 Å². The molecule has 0 bridgehead atoms. The highest BCUT2D eigenvalue weighted by Gasteiger charge is 2.24. The van der Waals surface area contributed by atoms with Gasteiger partial charge in [0.05, 0.1) is 12.6 Å². The zero-order valence-corrected chi connectivity index (χ0v) is 8.58. The number of aliphatic hydroxyl groups is 1. The van der Waals surface area contributed by atoms with Crippen molar-refractivity contribution in [3.8, 4) is 0 Å². The average molecular weight is 215 g/mol. The molecule has 1 aromatic rings. The first-order valence-corrected chi connectivity index (χ1v) is 4.76. The van der Waals surface area contributed by atoms with Crippen LogP contribution >= 0.6 is 0 Å². The highest BCUT2D eigenvalue weighted by molar-refractivity contribution is 5.30. The minimum Gasteiger partial charge on any atom is -0.394 e. The van der Waals surface area contributed by atoms with E-state index in [-0.39, 0.29) is 13.0 Å². The van der Waals surface area contributed by atoms with E-state index in [1.165, 1.54) is 0 Å². The summed E-state index contributed by atoms with van der Waals surface area (Å²) in [5, 5.41) is 8.90. The lowest BCUT2D eigenvalue weighted by molar-refractivity contribution is 0.0222. The Morgan fingerprint density at radius 1 is 1.40 bits per heavy atom. The normalized spacial score (nSPS) is 13.9. The molecule has 1 aromatic carbocycles. The summed E-state index contributed by atoms with van der Waals surface area (Å²) in [4.78, 5) is 0. The molecular formula is C11H15F2NO. The number of benzene rings is 1. The number of rotatable bonds is 4. The molecule has 3 N–H and O–H groups in total. The summed E-state index contributed by atoms with van der Waals surface area (Å²) in [6.07, 6.45) is -0.350. The quantitative estimate of drug-likeness (QED) is 0.805. The van der Waals surface area contributed by atoms with E-state index in [0.29, 0.717) is 11.1 Å². The molecule has 1 unspecified atom stereocenters. The Labute approximate surface area is 87.7 Å². The second-order valence-corrected chi connectivity index (χ2v) is 3.73. The zero-order valence-electron chi connectivity index (χ0n) is 8.58. The summed E-state index contributed by atoms with van der Waals surface area (Å²) in [5.41, 5.74) is 6.70. The summed E-state index contributed by atoms with van der Waals surface area (Å²) in [7, 11) is 0. The Morgan fingerprint density at radius 3 is 2.53 bits per heavy atom. The van der Waals surface area contributed by atoms with Crippen molar-refractivity contribution in [2.45, 2.75) is 25.3 Å². The van der Waals surface area contributed by atoms with Gasteiger partial charge in [-0.1, -0.05) is 24.3 Å². The van der Waals surface area contributed by atoms with Gasteiger partial charge in [0.1, 0.15) is 0 Å². The van der Waals surface area contributed by atoms with Gasteiger partial charge in [0.25, 0.3) is 0 Å². The molecular weight excluding hydrogens is 200 g/mol. The van der Waals surface area contributed by atoms with Crippen molar-refractivity contribution >= 4 is 0 Å². The van der Waals surface area contributed by atoms with E-state index in [0.717, 1.165) is 6.92 Å². The van der Waals surface area contributed by atoms with E-state index < -0.39 is 12.0 Å². The van der Waals surface area contributed by atoms with Gasteiger partial charge in [-0.25, -0.2) is 8.78 Å². The maximum Gasteiger partial charge on any atom is 0.249 e. The van der Waals surface area contributed by atoms with E-state index in [4.69, 9.17) is 10.8 Å². The predicted octanol–water partition coefficient (Wildman–Crippen LogP) is 1.88. The lowest BCUT2D eigenvalue weighted by Crippen LogP contribution is -2.20. The Kier molecular flexibility index (Phi) is 3.77. The third kappa shape index (κ3) is 3.57. The maximum absolute atomic E-state index is 12.9. The molecule has 0 spiro atoms. The van der Waals surface area contributed by atoms with Crippen LogP contribution in [0.5, 0.6) is 0 Å². The van der Waals surface area contributed by atoms with Crippen molar-refractivity contribution in [3.05, 3.63) is 35.4 Å². The molecule has 0 aliphatic heterocycles. The summed E-state index contributed by atoms with van der Waals surface area (Å²) < 4.78 is 25.7. The van der Waals surface area contributed by atoms with Crippen molar-refractivity contribution in [1.29, 1.82) is 0 Å². The Bertz CT molecular complexity index is 323. The largest absolute Gasteiger partial charge is 0.394 e. The van der Waals surface area contributed by atoms with Crippen LogP contribution in [0, 0.1) is 0 Å². The van der Waals surface area contributed by atoms with Crippen molar-refractivity contribution in [1.82, 2.24) is 0 Å². The van der Waals surface area contributed by atoms with Crippen LogP contribution in [0.3, 0.4) is 0 Å². The van der Waals surface area contributed by atoms with E-state index in [9.17, 15) is 8.78 Å². The van der Waals surface area contributed by atoms with Crippen LogP contribution in [0.1, 0.15) is 24.1 Å². The fourth-order valence-electron chi connectivity index (χ4n) is 1.49. The highest BCUT2D eigenvalue weighted by Crippen LogP contribution is 2.24. The molecule has 1 rings (SSSR count). The van der Waals surface area contributed by atoms with Gasteiger partial charge in [-0.2, -0.15) is 0 Å². The summed E-state index contributed by atoms with van der Waals surface area (Å²) in [6.45, 7) is 0.626. The lowest BCUT2D eigenvalue weighted by Gasteiger charge is -2.17. The fraction of sp³-hybridized carbons (Fsp3) is 0.455. The zero-order chi connectivity index (χ0) is 11.5. The number of hydrogen-bond donors (Lipinski definition) is 2. The molecule has 0 aliphatic carbocycles. The number of hydrogen-bond acceptors (Lipinski definition) is 2. The van der Waals surface area contributed by atoms with Crippen LogP contribution in [-0.2, 0) is 6.42 Å². The Balaban J connectivity index is 2.96. The minimum atomic E-state index is -2.76. The van der Waals surface area contributed by atoms with Crippen molar-refractivity contribution in [3.63, 3.8) is 0 Å². The average Bonchev–Trinajstić information content (AvgIpc) is 2.15. The topological polar surface area (TPSA) is 46.2 Å². The van der Waals surface area contributed by atoms with Gasteiger partial charge in [0.15, 0.2) is 0 Å². The first-order valence-electron chi connectivity index (χ1n) is 4.76.